The van der Waals surface area contributed by atoms with Crippen LogP contribution in [0.25, 0.3) is 0 Å². The fraction of sp³-hybridized carbons (Fsp3) is 0.400. The maximum atomic E-state index is 5.66. The summed E-state index contributed by atoms with van der Waals surface area (Å²) < 4.78 is 0. The molecule has 1 aromatic rings. The van der Waals surface area contributed by atoms with E-state index in [1.54, 1.807) is 11.3 Å². The van der Waals surface area contributed by atoms with Crippen LogP contribution < -0.4 is 11.1 Å². The van der Waals surface area contributed by atoms with Crippen molar-refractivity contribution in [1.82, 2.24) is 10.2 Å². The Morgan fingerprint density at radius 1 is 1.56 bits per heavy atom. The summed E-state index contributed by atoms with van der Waals surface area (Å²) in [6, 6.07) is 2.10. The first-order valence-corrected chi connectivity index (χ1v) is 6.00. The molecule has 1 unspecified atom stereocenters. The minimum absolute atomic E-state index is 0.110. The molecule has 0 saturated carbocycles. The molecule has 1 aromatic heterocycles. The molecule has 16 heavy (non-hydrogen) atoms. The fourth-order valence-electron chi connectivity index (χ4n) is 1.51. The number of nitrogens with two attached hydrogens (primary N) is 1. The number of hydrogen-bond donors (Lipinski definition) is 2. The van der Waals surface area contributed by atoms with Gasteiger partial charge < -0.3 is 10.6 Å². The van der Waals surface area contributed by atoms with Gasteiger partial charge in [-0.15, -0.1) is 0 Å². The van der Waals surface area contributed by atoms with Gasteiger partial charge in [0.1, 0.15) is 6.17 Å². The lowest BCUT2D eigenvalue weighted by atomic mass is 10.3. The third kappa shape index (κ3) is 2.52. The van der Waals surface area contributed by atoms with Gasteiger partial charge in [-0.2, -0.15) is 11.3 Å². The number of nitrogens with one attached hydrogen (secondary N) is 1. The highest BCUT2D eigenvalue weighted by Gasteiger charge is 2.14. The molecule has 1 atom stereocenters. The van der Waals surface area contributed by atoms with E-state index < -0.39 is 0 Å². The van der Waals surface area contributed by atoms with Crippen molar-refractivity contribution in [2.24, 2.45) is 15.7 Å². The zero-order valence-electron chi connectivity index (χ0n) is 9.34. The van der Waals surface area contributed by atoms with Gasteiger partial charge in [-0.05, 0) is 29.3 Å². The van der Waals surface area contributed by atoms with Crippen LogP contribution in [0.3, 0.4) is 0 Å². The Balaban J connectivity index is 2.02. The van der Waals surface area contributed by atoms with Crippen molar-refractivity contribution < 1.29 is 0 Å². The zero-order valence-corrected chi connectivity index (χ0v) is 10.2. The van der Waals surface area contributed by atoms with Crippen LogP contribution in [-0.4, -0.2) is 30.0 Å². The Morgan fingerprint density at radius 2 is 2.38 bits per heavy atom. The maximum absolute atomic E-state index is 5.66. The van der Waals surface area contributed by atoms with Crippen molar-refractivity contribution in [3.63, 3.8) is 0 Å². The SMILES string of the molecule is CC1N=C(N)NC(N(C)Cc2ccsc2)=N1. The molecule has 0 amide bonds. The van der Waals surface area contributed by atoms with Crippen LogP contribution in [-0.2, 0) is 6.54 Å². The molecule has 86 valence electrons. The molecule has 0 bridgehead atoms. The first-order valence-electron chi connectivity index (χ1n) is 5.05. The van der Waals surface area contributed by atoms with Gasteiger partial charge in [0, 0.05) is 13.6 Å². The van der Waals surface area contributed by atoms with Crippen LogP contribution >= 0.6 is 11.3 Å². The van der Waals surface area contributed by atoms with Crippen LogP contribution in [0, 0.1) is 0 Å². The molecule has 5 nitrogen and oxygen atoms in total. The van der Waals surface area contributed by atoms with Crippen LogP contribution in [0.5, 0.6) is 0 Å². The first kappa shape index (κ1) is 10.9. The highest BCUT2D eigenvalue weighted by molar-refractivity contribution is 7.07. The molecule has 1 aliphatic rings. The molecule has 0 spiro atoms. The van der Waals surface area contributed by atoms with E-state index in [1.165, 1.54) is 5.56 Å². The van der Waals surface area contributed by atoms with Crippen molar-refractivity contribution in [2.45, 2.75) is 19.6 Å². The topological polar surface area (TPSA) is 66.0 Å². The van der Waals surface area contributed by atoms with Gasteiger partial charge in [-0.25, -0.2) is 9.98 Å². The van der Waals surface area contributed by atoms with E-state index in [4.69, 9.17) is 5.73 Å². The summed E-state index contributed by atoms with van der Waals surface area (Å²) in [5, 5.41) is 7.16. The number of aliphatic imine (C=N–C) groups is 2. The summed E-state index contributed by atoms with van der Waals surface area (Å²) in [4.78, 5) is 10.5. The lowest BCUT2D eigenvalue weighted by Gasteiger charge is -2.25. The normalized spacial score (nSPS) is 19.8. The molecule has 0 aromatic carbocycles. The van der Waals surface area contributed by atoms with E-state index in [-0.39, 0.29) is 6.17 Å². The molecule has 0 aliphatic carbocycles. The molecular weight excluding hydrogens is 222 g/mol. The van der Waals surface area contributed by atoms with Crippen LogP contribution in [0.2, 0.25) is 0 Å². The monoisotopic (exact) mass is 237 g/mol. The third-order valence-corrected chi connectivity index (χ3v) is 2.97. The number of rotatable bonds is 2. The highest BCUT2D eigenvalue weighted by atomic mass is 32.1. The molecule has 0 saturated heterocycles. The van der Waals surface area contributed by atoms with Crippen molar-refractivity contribution >= 4 is 23.3 Å². The third-order valence-electron chi connectivity index (χ3n) is 2.24. The van der Waals surface area contributed by atoms with Crippen LogP contribution in [0.1, 0.15) is 12.5 Å². The smallest absolute Gasteiger partial charge is 0.202 e. The summed E-state index contributed by atoms with van der Waals surface area (Å²) in [5.74, 6) is 1.20. The zero-order chi connectivity index (χ0) is 11.5. The molecule has 1 aliphatic heterocycles. The molecule has 0 fully saturated rings. The maximum Gasteiger partial charge on any atom is 0.202 e. The Kier molecular flexibility index (Phi) is 3.09. The summed E-state index contributed by atoms with van der Waals surface area (Å²) in [5.41, 5.74) is 6.93. The molecule has 2 heterocycles. The predicted octanol–water partition coefficient (Wildman–Crippen LogP) is 0.800. The average Bonchev–Trinajstić information content (AvgIpc) is 2.68. The Bertz CT molecular complexity index is 409. The summed E-state index contributed by atoms with van der Waals surface area (Å²) >= 11 is 1.69. The molecule has 0 radical (unpaired) electrons. The lowest BCUT2D eigenvalue weighted by Crippen LogP contribution is -2.48. The largest absolute Gasteiger partial charge is 0.370 e. The van der Waals surface area contributed by atoms with E-state index in [0.717, 1.165) is 12.5 Å². The van der Waals surface area contributed by atoms with Gasteiger partial charge in [0.25, 0.3) is 0 Å². The van der Waals surface area contributed by atoms with Gasteiger partial charge in [0.05, 0.1) is 0 Å². The van der Waals surface area contributed by atoms with Gasteiger partial charge in [-0.3, -0.25) is 5.32 Å². The first-order chi connectivity index (χ1) is 7.65. The number of thiophene rings is 1. The quantitative estimate of drug-likeness (QED) is 0.799. The van der Waals surface area contributed by atoms with Gasteiger partial charge in [0.2, 0.25) is 5.96 Å². The Hall–Kier alpha value is -1.56. The Labute approximate surface area is 98.7 Å². The van der Waals surface area contributed by atoms with E-state index in [0.29, 0.717) is 5.96 Å². The van der Waals surface area contributed by atoms with Crippen molar-refractivity contribution in [3.05, 3.63) is 22.4 Å². The van der Waals surface area contributed by atoms with E-state index in [1.807, 2.05) is 18.9 Å². The van der Waals surface area contributed by atoms with Gasteiger partial charge >= 0.3 is 0 Å². The predicted molar refractivity (Wildman–Crippen MR) is 67.4 cm³/mol. The fourth-order valence-corrected chi connectivity index (χ4v) is 2.17. The van der Waals surface area contributed by atoms with E-state index in [9.17, 15) is 0 Å². The van der Waals surface area contributed by atoms with Crippen molar-refractivity contribution in [2.75, 3.05) is 7.05 Å². The standard InChI is InChI=1S/C10H15N5S/c1-7-12-9(11)14-10(13-7)15(2)5-8-3-4-16-6-8/h3-4,6-7H,5H2,1-2H3,(H3,11,12,13,14). The highest BCUT2D eigenvalue weighted by Crippen LogP contribution is 2.09. The summed E-state index contributed by atoms with van der Waals surface area (Å²) in [6.07, 6.45) is -0.110. The number of hydrogen-bond acceptors (Lipinski definition) is 6. The molecule has 3 N–H and O–H groups in total. The molecule has 6 heteroatoms. The molecule has 2 rings (SSSR count). The van der Waals surface area contributed by atoms with Crippen molar-refractivity contribution in [1.29, 1.82) is 0 Å². The number of nitrogens with zero attached hydrogens (tertiary/aromatic N) is 3. The van der Waals surface area contributed by atoms with Gasteiger partial charge in [0.15, 0.2) is 5.96 Å². The lowest BCUT2D eigenvalue weighted by molar-refractivity contribution is 0.479. The Morgan fingerprint density at radius 3 is 3.00 bits per heavy atom. The van der Waals surface area contributed by atoms with Crippen LogP contribution in [0.4, 0.5) is 0 Å². The minimum Gasteiger partial charge on any atom is -0.370 e. The van der Waals surface area contributed by atoms with Gasteiger partial charge in [-0.1, -0.05) is 0 Å². The summed E-state index contributed by atoms with van der Waals surface area (Å²) in [6.45, 7) is 2.72. The second-order valence-corrected chi connectivity index (χ2v) is 4.49. The second kappa shape index (κ2) is 4.52. The molecular formula is C10H15N5S. The number of guanidine groups is 2. The van der Waals surface area contributed by atoms with Crippen LogP contribution in [0.15, 0.2) is 26.8 Å². The average molecular weight is 237 g/mol. The van der Waals surface area contributed by atoms with E-state index in [2.05, 4.69) is 32.1 Å². The van der Waals surface area contributed by atoms with Crippen molar-refractivity contribution in [3.8, 4) is 0 Å². The van der Waals surface area contributed by atoms with E-state index >= 15 is 0 Å². The summed E-state index contributed by atoms with van der Waals surface area (Å²) in [7, 11) is 1.98. The minimum atomic E-state index is -0.110. The second-order valence-electron chi connectivity index (χ2n) is 3.71.